The maximum Gasteiger partial charge on any atom is 0.0607 e. The number of anilines is 1. The van der Waals surface area contributed by atoms with Crippen molar-refractivity contribution in [3.8, 4) is 0 Å². The van der Waals surface area contributed by atoms with E-state index in [2.05, 4.69) is 40.8 Å². The molecular weight excluding hydrogens is 216 g/mol. The average Bonchev–Trinajstić information content (AvgIpc) is 2.75. The van der Waals surface area contributed by atoms with Crippen molar-refractivity contribution in [1.29, 1.82) is 0 Å². The van der Waals surface area contributed by atoms with Crippen LogP contribution >= 0.6 is 11.3 Å². The number of aryl methyl sites for hydroxylation is 2. The van der Waals surface area contributed by atoms with Crippen LogP contribution in [0.3, 0.4) is 0 Å². The SMILES string of the molecule is Cc1ccc(NC(C)c2cccs2)c(C)n1. The highest BCUT2D eigenvalue weighted by Gasteiger charge is 2.07. The van der Waals surface area contributed by atoms with E-state index < -0.39 is 0 Å². The third kappa shape index (κ3) is 2.42. The molecule has 0 amide bonds. The lowest BCUT2D eigenvalue weighted by atomic mass is 10.2. The normalized spacial score (nSPS) is 12.4. The molecule has 0 aliphatic rings. The summed E-state index contributed by atoms with van der Waals surface area (Å²) >= 11 is 1.78. The minimum Gasteiger partial charge on any atom is -0.376 e. The Hall–Kier alpha value is -1.35. The van der Waals surface area contributed by atoms with Gasteiger partial charge in [0.25, 0.3) is 0 Å². The number of pyridine rings is 1. The molecule has 0 radical (unpaired) electrons. The van der Waals surface area contributed by atoms with Gasteiger partial charge in [-0.15, -0.1) is 11.3 Å². The topological polar surface area (TPSA) is 24.9 Å². The first-order valence-electron chi connectivity index (χ1n) is 5.41. The molecule has 2 aromatic heterocycles. The summed E-state index contributed by atoms with van der Waals surface area (Å²) in [6.45, 7) is 6.22. The van der Waals surface area contributed by atoms with Crippen LogP contribution < -0.4 is 5.32 Å². The fraction of sp³-hybridized carbons (Fsp3) is 0.308. The Bertz CT molecular complexity index is 463. The van der Waals surface area contributed by atoms with E-state index in [1.165, 1.54) is 4.88 Å². The molecule has 2 nitrogen and oxygen atoms in total. The molecule has 1 atom stereocenters. The van der Waals surface area contributed by atoms with E-state index in [1.54, 1.807) is 11.3 Å². The van der Waals surface area contributed by atoms with Crippen LogP contribution in [0.4, 0.5) is 5.69 Å². The van der Waals surface area contributed by atoms with E-state index in [9.17, 15) is 0 Å². The van der Waals surface area contributed by atoms with Gasteiger partial charge in [0.15, 0.2) is 0 Å². The quantitative estimate of drug-likeness (QED) is 0.867. The molecule has 0 aromatic carbocycles. The summed E-state index contributed by atoms with van der Waals surface area (Å²) in [5, 5.41) is 5.59. The number of nitrogens with one attached hydrogen (secondary N) is 1. The molecule has 2 heterocycles. The van der Waals surface area contributed by atoms with Crippen LogP contribution in [0.15, 0.2) is 29.6 Å². The van der Waals surface area contributed by atoms with Crippen molar-refractivity contribution in [3.63, 3.8) is 0 Å². The van der Waals surface area contributed by atoms with E-state index in [1.807, 2.05) is 19.9 Å². The molecule has 1 unspecified atom stereocenters. The van der Waals surface area contributed by atoms with Crippen LogP contribution in [0.1, 0.15) is 29.2 Å². The molecular formula is C13H16N2S. The van der Waals surface area contributed by atoms with Gasteiger partial charge in [0.2, 0.25) is 0 Å². The number of rotatable bonds is 3. The zero-order chi connectivity index (χ0) is 11.5. The Labute approximate surface area is 100 Å². The zero-order valence-electron chi connectivity index (χ0n) is 9.82. The maximum atomic E-state index is 4.45. The lowest BCUT2D eigenvalue weighted by Gasteiger charge is -2.15. The van der Waals surface area contributed by atoms with Gasteiger partial charge in [-0.2, -0.15) is 0 Å². The molecule has 3 heteroatoms. The second kappa shape index (κ2) is 4.66. The van der Waals surface area contributed by atoms with Crippen molar-refractivity contribution >= 4 is 17.0 Å². The highest BCUT2D eigenvalue weighted by molar-refractivity contribution is 7.10. The van der Waals surface area contributed by atoms with Crippen LogP contribution in [0, 0.1) is 13.8 Å². The van der Waals surface area contributed by atoms with Crippen LogP contribution in [0.5, 0.6) is 0 Å². The van der Waals surface area contributed by atoms with Gasteiger partial charge in [-0.1, -0.05) is 6.07 Å². The first kappa shape index (κ1) is 11.1. The van der Waals surface area contributed by atoms with Gasteiger partial charge in [0.05, 0.1) is 17.4 Å². The fourth-order valence-electron chi connectivity index (χ4n) is 1.68. The van der Waals surface area contributed by atoms with Crippen LogP contribution in [0.2, 0.25) is 0 Å². The van der Waals surface area contributed by atoms with Gasteiger partial charge in [-0.25, -0.2) is 0 Å². The van der Waals surface area contributed by atoms with Gasteiger partial charge in [-0.3, -0.25) is 4.98 Å². The molecule has 1 N–H and O–H groups in total. The summed E-state index contributed by atoms with van der Waals surface area (Å²) in [4.78, 5) is 5.80. The summed E-state index contributed by atoms with van der Waals surface area (Å²) in [5.41, 5.74) is 3.24. The molecule has 0 spiro atoms. The predicted molar refractivity (Wildman–Crippen MR) is 70.1 cm³/mol. The summed E-state index contributed by atoms with van der Waals surface area (Å²) in [6, 6.07) is 8.71. The Kier molecular flexibility index (Phi) is 3.25. The third-order valence-corrected chi connectivity index (χ3v) is 3.62. The number of hydrogen-bond acceptors (Lipinski definition) is 3. The van der Waals surface area contributed by atoms with Crippen molar-refractivity contribution in [1.82, 2.24) is 4.98 Å². The van der Waals surface area contributed by atoms with Crippen molar-refractivity contribution < 1.29 is 0 Å². The number of thiophene rings is 1. The van der Waals surface area contributed by atoms with Crippen molar-refractivity contribution in [2.75, 3.05) is 5.32 Å². The Morgan fingerprint density at radius 3 is 2.69 bits per heavy atom. The van der Waals surface area contributed by atoms with Crippen molar-refractivity contribution in [2.45, 2.75) is 26.8 Å². The zero-order valence-corrected chi connectivity index (χ0v) is 10.6. The molecule has 2 rings (SSSR count). The molecule has 2 aromatic rings. The van der Waals surface area contributed by atoms with E-state index >= 15 is 0 Å². The first-order valence-corrected chi connectivity index (χ1v) is 6.29. The molecule has 0 bridgehead atoms. The second-order valence-corrected chi connectivity index (χ2v) is 4.95. The summed E-state index contributed by atoms with van der Waals surface area (Å²) in [5.74, 6) is 0. The van der Waals surface area contributed by atoms with E-state index in [0.717, 1.165) is 17.1 Å². The number of nitrogens with zero attached hydrogens (tertiary/aromatic N) is 1. The van der Waals surface area contributed by atoms with Crippen molar-refractivity contribution in [3.05, 3.63) is 45.9 Å². The molecule has 0 aliphatic heterocycles. The van der Waals surface area contributed by atoms with E-state index in [0.29, 0.717) is 6.04 Å². The van der Waals surface area contributed by atoms with Gasteiger partial charge < -0.3 is 5.32 Å². The molecule has 0 saturated heterocycles. The summed E-state index contributed by atoms with van der Waals surface area (Å²) in [6.07, 6.45) is 0. The minimum absolute atomic E-state index is 0.336. The van der Waals surface area contributed by atoms with Gasteiger partial charge in [-0.05, 0) is 44.4 Å². The van der Waals surface area contributed by atoms with Crippen LogP contribution in [-0.4, -0.2) is 4.98 Å². The van der Waals surface area contributed by atoms with Gasteiger partial charge in [0, 0.05) is 10.6 Å². The lowest BCUT2D eigenvalue weighted by molar-refractivity contribution is 0.900. The lowest BCUT2D eigenvalue weighted by Crippen LogP contribution is -2.07. The summed E-state index contributed by atoms with van der Waals surface area (Å²) in [7, 11) is 0. The smallest absolute Gasteiger partial charge is 0.0607 e. The minimum atomic E-state index is 0.336. The number of hydrogen-bond donors (Lipinski definition) is 1. The highest BCUT2D eigenvalue weighted by Crippen LogP contribution is 2.24. The molecule has 0 saturated carbocycles. The van der Waals surface area contributed by atoms with Crippen molar-refractivity contribution in [2.24, 2.45) is 0 Å². The van der Waals surface area contributed by atoms with Crippen LogP contribution in [-0.2, 0) is 0 Å². The molecule has 84 valence electrons. The fourth-order valence-corrected chi connectivity index (χ4v) is 2.42. The highest BCUT2D eigenvalue weighted by atomic mass is 32.1. The van der Waals surface area contributed by atoms with E-state index in [-0.39, 0.29) is 0 Å². The monoisotopic (exact) mass is 232 g/mol. The van der Waals surface area contributed by atoms with E-state index in [4.69, 9.17) is 0 Å². The molecule has 0 aliphatic carbocycles. The maximum absolute atomic E-state index is 4.45. The third-order valence-electron chi connectivity index (χ3n) is 2.57. The van der Waals surface area contributed by atoms with Gasteiger partial charge in [0.1, 0.15) is 0 Å². The summed E-state index contributed by atoms with van der Waals surface area (Å²) < 4.78 is 0. The van der Waals surface area contributed by atoms with Gasteiger partial charge >= 0.3 is 0 Å². The predicted octanol–water partition coefficient (Wildman–Crippen LogP) is 3.93. The second-order valence-electron chi connectivity index (χ2n) is 3.97. The Morgan fingerprint density at radius 2 is 2.06 bits per heavy atom. The Balaban J connectivity index is 2.15. The largest absolute Gasteiger partial charge is 0.376 e. The molecule has 0 fully saturated rings. The van der Waals surface area contributed by atoms with Crippen LogP contribution in [0.25, 0.3) is 0 Å². The number of aromatic nitrogens is 1. The molecule has 16 heavy (non-hydrogen) atoms. The average molecular weight is 232 g/mol. The Morgan fingerprint density at radius 1 is 1.25 bits per heavy atom. The standard InChI is InChI=1S/C13H16N2S/c1-9-6-7-12(10(2)14-9)15-11(3)13-5-4-8-16-13/h4-8,11,15H,1-3H3. The first-order chi connectivity index (χ1) is 7.66.